The third-order valence-corrected chi connectivity index (χ3v) is 3.78. The topological polar surface area (TPSA) is 21.3 Å². The third kappa shape index (κ3) is 4.03. The van der Waals surface area contributed by atoms with Gasteiger partial charge in [0.15, 0.2) is 0 Å². The molecule has 0 heterocycles. The molecule has 112 valence electrons. The molecule has 0 saturated carbocycles. The molecule has 0 amide bonds. The maximum absolute atomic E-state index is 13.6. The molecular formula is C17H19ClFNO. The number of hydrogen-bond donors (Lipinski definition) is 1. The first-order chi connectivity index (χ1) is 10.2. The number of hydrogen-bond acceptors (Lipinski definition) is 2. The first kappa shape index (κ1) is 16.0. The normalized spacial score (nSPS) is 12.4. The van der Waals surface area contributed by atoms with Crippen LogP contribution in [-0.2, 0) is 11.2 Å². The zero-order chi connectivity index (χ0) is 15.2. The van der Waals surface area contributed by atoms with Crippen molar-refractivity contribution in [2.45, 2.75) is 12.5 Å². The van der Waals surface area contributed by atoms with E-state index < -0.39 is 5.82 Å². The van der Waals surface area contributed by atoms with Gasteiger partial charge < -0.3 is 10.1 Å². The fraction of sp³-hybridized carbons (Fsp3) is 0.294. The smallest absolute Gasteiger partial charge is 0.142 e. The molecule has 1 N–H and O–H groups in total. The highest BCUT2D eigenvalue weighted by molar-refractivity contribution is 6.30. The van der Waals surface area contributed by atoms with Gasteiger partial charge in [-0.25, -0.2) is 4.39 Å². The highest BCUT2D eigenvalue weighted by Gasteiger charge is 2.13. The van der Waals surface area contributed by atoms with Gasteiger partial charge in [0.1, 0.15) is 5.82 Å². The van der Waals surface area contributed by atoms with Gasteiger partial charge in [-0.15, -0.1) is 0 Å². The van der Waals surface area contributed by atoms with Gasteiger partial charge in [-0.3, -0.25) is 0 Å². The lowest BCUT2D eigenvalue weighted by Crippen LogP contribution is -2.17. The van der Waals surface area contributed by atoms with Crippen LogP contribution in [0.3, 0.4) is 0 Å². The first-order valence-corrected chi connectivity index (χ1v) is 7.23. The zero-order valence-corrected chi connectivity index (χ0v) is 13.0. The van der Waals surface area contributed by atoms with Crippen LogP contribution in [-0.4, -0.2) is 20.8 Å². The minimum Gasteiger partial charge on any atom is -0.384 e. The van der Waals surface area contributed by atoms with Crippen molar-refractivity contribution in [1.29, 1.82) is 0 Å². The molecule has 2 aromatic carbocycles. The van der Waals surface area contributed by atoms with E-state index in [1.807, 2.05) is 13.1 Å². The Bertz CT molecular complexity index is 586. The van der Waals surface area contributed by atoms with E-state index in [1.54, 1.807) is 13.2 Å². The average molecular weight is 308 g/mol. The number of rotatable bonds is 6. The number of halogens is 2. The maximum atomic E-state index is 13.6. The first-order valence-electron chi connectivity index (χ1n) is 6.85. The third-order valence-electron chi connectivity index (χ3n) is 3.47. The minimum atomic E-state index is -0.397. The molecule has 1 atom stereocenters. The van der Waals surface area contributed by atoms with E-state index >= 15 is 0 Å². The highest BCUT2D eigenvalue weighted by Crippen LogP contribution is 2.25. The van der Waals surface area contributed by atoms with E-state index in [1.165, 1.54) is 11.6 Å². The molecule has 0 aliphatic carbocycles. The lowest BCUT2D eigenvalue weighted by atomic mass is 9.97. The van der Waals surface area contributed by atoms with Crippen LogP contribution >= 0.6 is 11.6 Å². The van der Waals surface area contributed by atoms with Crippen LogP contribution in [0.1, 0.15) is 22.7 Å². The van der Waals surface area contributed by atoms with Gasteiger partial charge in [-0.1, -0.05) is 41.9 Å². The molecule has 0 aromatic heterocycles. The molecule has 0 bridgehead atoms. The van der Waals surface area contributed by atoms with E-state index in [0.717, 1.165) is 17.5 Å². The average Bonchev–Trinajstić information content (AvgIpc) is 2.50. The lowest BCUT2D eigenvalue weighted by Gasteiger charge is -2.18. The Morgan fingerprint density at radius 3 is 2.38 bits per heavy atom. The Balaban J connectivity index is 2.22. The highest BCUT2D eigenvalue weighted by atomic mass is 35.5. The molecule has 0 radical (unpaired) electrons. The molecule has 2 nitrogen and oxygen atoms in total. The second-order valence-electron chi connectivity index (χ2n) is 4.88. The summed E-state index contributed by atoms with van der Waals surface area (Å²) >= 11 is 5.74. The predicted molar refractivity (Wildman–Crippen MR) is 84.3 cm³/mol. The van der Waals surface area contributed by atoms with Crippen molar-refractivity contribution >= 4 is 11.6 Å². The van der Waals surface area contributed by atoms with Crippen molar-refractivity contribution in [1.82, 2.24) is 5.32 Å². The Morgan fingerprint density at radius 1 is 1.14 bits per heavy atom. The van der Waals surface area contributed by atoms with E-state index in [0.29, 0.717) is 6.61 Å². The van der Waals surface area contributed by atoms with Crippen LogP contribution < -0.4 is 5.32 Å². The fourth-order valence-electron chi connectivity index (χ4n) is 2.31. The fourth-order valence-corrected chi connectivity index (χ4v) is 2.43. The van der Waals surface area contributed by atoms with Crippen LogP contribution in [0.25, 0.3) is 0 Å². The molecular weight excluding hydrogens is 289 g/mol. The zero-order valence-electron chi connectivity index (χ0n) is 12.2. The summed E-state index contributed by atoms with van der Waals surface area (Å²) < 4.78 is 18.7. The number of benzene rings is 2. The predicted octanol–water partition coefficient (Wildman–Crippen LogP) is 3.98. The van der Waals surface area contributed by atoms with Crippen molar-refractivity contribution in [3.05, 3.63) is 70.0 Å². The Morgan fingerprint density at radius 2 is 1.81 bits per heavy atom. The van der Waals surface area contributed by atoms with Crippen molar-refractivity contribution < 1.29 is 9.13 Å². The minimum absolute atomic E-state index is 0.0618. The summed E-state index contributed by atoms with van der Waals surface area (Å²) in [5.41, 5.74) is 3.15. The van der Waals surface area contributed by atoms with Gasteiger partial charge in [-0.05, 0) is 42.3 Å². The Hall–Kier alpha value is -1.42. The van der Waals surface area contributed by atoms with Crippen LogP contribution in [0.5, 0.6) is 0 Å². The molecule has 0 fully saturated rings. The molecule has 4 heteroatoms. The number of ether oxygens (including phenoxy) is 1. The molecule has 0 aliphatic heterocycles. The summed E-state index contributed by atoms with van der Waals surface area (Å²) in [5, 5.41) is 3.35. The number of nitrogens with one attached hydrogen (secondary N) is 1. The standard InChI is InChI=1S/C17H19ClFNO/c1-20-17(14-7-8-15(18)16(19)11-14)13-5-3-12(4-6-13)9-10-21-2/h3-8,11,17,20H,9-10H2,1-2H3. The summed E-state index contributed by atoms with van der Waals surface area (Å²) in [7, 11) is 3.55. The van der Waals surface area contributed by atoms with Crippen molar-refractivity contribution in [2.24, 2.45) is 0 Å². The summed E-state index contributed by atoms with van der Waals surface area (Å²) in [6.45, 7) is 0.706. The molecule has 0 saturated heterocycles. The molecule has 2 aromatic rings. The summed E-state index contributed by atoms with van der Waals surface area (Å²) in [6.07, 6.45) is 0.885. The van der Waals surface area contributed by atoms with Gasteiger partial charge in [0, 0.05) is 7.11 Å². The van der Waals surface area contributed by atoms with Gasteiger partial charge >= 0.3 is 0 Å². The Kier molecular flexibility index (Phi) is 5.74. The molecule has 0 spiro atoms. The summed E-state index contributed by atoms with van der Waals surface area (Å²) in [4.78, 5) is 0. The van der Waals surface area contributed by atoms with E-state index in [-0.39, 0.29) is 11.1 Å². The molecule has 2 rings (SSSR count). The molecule has 0 aliphatic rings. The summed E-state index contributed by atoms with van der Waals surface area (Å²) in [5.74, 6) is -0.397. The second-order valence-corrected chi connectivity index (χ2v) is 5.29. The second kappa shape index (κ2) is 7.55. The van der Waals surface area contributed by atoms with E-state index in [9.17, 15) is 4.39 Å². The SMILES string of the molecule is CNC(c1ccc(CCOC)cc1)c1ccc(Cl)c(F)c1. The number of methoxy groups -OCH3 is 1. The van der Waals surface area contributed by atoms with Crippen LogP contribution in [0.4, 0.5) is 4.39 Å². The van der Waals surface area contributed by atoms with Crippen molar-refractivity contribution in [3.63, 3.8) is 0 Å². The van der Waals surface area contributed by atoms with Crippen LogP contribution in [0, 0.1) is 5.82 Å². The molecule has 21 heavy (non-hydrogen) atoms. The van der Waals surface area contributed by atoms with Crippen molar-refractivity contribution in [2.75, 3.05) is 20.8 Å². The largest absolute Gasteiger partial charge is 0.384 e. The quantitative estimate of drug-likeness (QED) is 0.871. The van der Waals surface area contributed by atoms with Gasteiger partial charge in [0.2, 0.25) is 0 Å². The summed E-state index contributed by atoms with van der Waals surface area (Å²) in [6, 6.07) is 13.1. The van der Waals surface area contributed by atoms with Gasteiger partial charge in [0.25, 0.3) is 0 Å². The maximum Gasteiger partial charge on any atom is 0.142 e. The van der Waals surface area contributed by atoms with E-state index in [2.05, 4.69) is 29.6 Å². The van der Waals surface area contributed by atoms with Gasteiger partial charge in [-0.2, -0.15) is 0 Å². The van der Waals surface area contributed by atoms with E-state index in [4.69, 9.17) is 16.3 Å². The van der Waals surface area contributed by atoms with Crippen molar-refractivity contribution in [3.8, 4) is 0 Å². The lowest BCUT2D eigenvalue weighted by molar-refractivity contribution is 0.202. The van der Waals surface area contributed by atoms with Gasteiger partial charge in [0.05, 0.1) is 17.7 Å². The molecule has 1 unspecified atom stereocenters. The van der Waals surface area contributed by atoms with Crippen LogP contribution in [0.2, 0.25) is 5.02 Å². The monoisotopic (exact) mass is 307 g/mol. The Labute approximate surface area is 129 Å². The van der Waals surface area contributed by atoms with Crippen LogP contribution in [0.15, 0.2) is 42.5 Å².